The SMILES string of the molecule is CC(OC(=O)c1ccccc1OCc1ccc(Cl)cc1)C(=O)Nc1cccnc1Cl. The zero-order chi connectivity index (χ0) is 21.5. The summed E-state index contributed by atoms with van der Waals surface area (Å²) in [6.07, 6.45) is 0.445. The van der Waals surface area contributed by atoms with Crippen molar-refractivity contribution in [2.75, 3.05) is 5.32 Å². The van der Waals surface area contributed by atoms with E-state index < -0.39 is 18.0 Å². The molecule has 8 heteroatoms. The van der Waals surface area contributed by atoms with Crippen molar-refractivity contribution in [3.63, 3.8) is 0 Å². The molecule has 0 saturated carbocycles. The summed E-state index contributed by atoms with van der Waals surface area (Å²) in [6.45, 7) is 1.71. The molecule has 0 bridgehead atoms. The van der Waals surface area contributed by atoms with Crippen LogP contribution in [0.1, 0.15) is 22.8 Å². The van der Waals surface area contributed by atoms with Crippen molar-refractivity contribution in [3.8, 4) is 5.75 Å². The maximum Gasteiger partial charge on any atom is 0.342 e. The van der Waals surface area contributed by atoms with Crippen molar-refractivity contribution in [1.82, 2.24) is 4.98 Å². The van der Waals surface area contributed by atoms with Crippen molar-refractivity contribution in [3.05, 3.63) is 88.2 Å². The maximum absolute atomic E-state index is 12.6. The zero-order valence-electron chi connectivity index (χ0n) is 16.0. The zero-order valence-corrected chi connectivity index (χ0v) is 17.5. The van der Waals surface area contributed by atoms with Crippen molar-refractivity contribution in [1.29, 1.82) is 0 Å². The van der Waals surface area contributed by atoms with Gasteiger partial charge in [-0.1, -0.05) is 47.5 Å². The number of para-hydroxylation sites is 1. The molecule has 154 valence electrons. The summed E-state index contributed by atoms with van der Waals surface area (Å²) in [6, 6.07) is 17.1. The topological polar surface area (TPSA) is 77.5 Å². The lowest BCUT2D eigenvalue weighted by Gasteiger charge is -2.15. The number of pyridine rings is 1. The van der Waals surface area contributed by atoms with E-state index in [-0.39, 0.29) is 17.3 Å². The lowest BCUT2D eigenvalue weighted by Crippen LogP contribution is -2.30. The number of hydrogen-bond acceptors (Lipinski definition) is 5. The van der Waals surface area contributed by atoms with E-state index in [1.165, 1.54) is 13.1 Å². The molecule has 1 aromatic heterocycles. The van der Waals surface area contributed by atoms with Crippen molar-refractivity contribution >= 4 is 40.8 Å². The van der Waals surface area contributed by atoms with Gasteiger partial charge in [-0.15, -0.1) is 0 Å². The minimum atomic E-state index is -1.06. The molecule has 3 aromatic rings. The van der Waals surface area contributed by atoms with Crippen LogP contribution >= 0.6 is 23.2 Å². The minimum absolute atomic E-state index is 0.144. The van der Waals surface area contributed by atoms with Crippen LogP contribution in [-0.2, 0) is 16.1 Å². The van der Waals surface area contributed by atoms with Gasteiger partial charge in [0, 0.05) is 11.2 Å². The average Bonchev–Trinajstić information content (AvgIpc) is 2.75. The van der Waals surface area contributed by atoms with Crippen molar-refractivity contribution in [2.24, 2.45) is 0 Å². The lowest BCUT2D eigenvalue weighted by molar-refractivity contribution is -0.123. The number of benzene rings is 2. The number of esters is 1. The molecule has 0 saturated heterocycles. The highest BCUT2D eigenvalue weighted by molar-refractivity contribution is 6.32. The van der Waals surface area contributed by atoms with E-state index in [1.807, 2.05) is 12.1 Å². The van der Waals surface area contributed by atoms with E-state index in [0.29, 0.717) is 16.5 Å². The highest BCUT2D eigenvalue weighted by atomic mass is 35.5. The van der Waals surface area contributed by atoms with Gasteiger partial charge in [0.15, 0.2) is 11.3 Å². The highest BCUT2D eigenvalue weighted by Gasteiger charge is 2.22. The Bertz CT molecular complexity index is 1040. The van der Waals surface area contributed by atoms with E-state index in [9.17, 15) is 9.59 Å². The quantitative estimate of drug-likeness (QED) is 0.402. The number of nitrogens with one attached hydrogen (secondary N) is 1. The molecular formula is C22H18Cl2N2O4. The fraction of sp³-hybridized carbons (Fsp3) is 0.136. The van der Waals surface area contributed by atoms with Gasteiger partial charge in [0.2, 0.25) is 0 Å². The maximum atomic E-state index is 12.6. The molecule has 6 nitrogen and oxygen atoms in total. The molecule has 1 N–H and O–H groups in total. The largest absolute Gasteiger partial charge is 0.488 e. The van der Waals surface area contributed by atoms with Gasteiger partial charge in [-0.3, -0.25) is 4.79 Å². The first-order valence-electron chi connectivity index (χ1n) is 9.02. The molecule has 2 aromatic carbocycles. The summed E-state index contributed by atoms with van der Waals surface area (Å²) in [7, 11) is 0. The molecule has 30 heavy (non-hydrogen) atoms. The summed E-state index contributed by atoms with van der Waals surface area (Å²) < 4.78 is 11.1. The van der Waals surface area contributed by atoms with Crippen LogP contribution in [0.2, 0.25) is 10.2 Å². The van der Waals surface area contributed by atoms with Crippen LogP contribution < -0.4 is 10.1 Å². The second-order valence-electron chi connectivity index (χ2n) is 6.29. The summed E-state index contributed by atoms with van der Waals surface area (Å²) >= 11 is 11.8. The molecule has 1 amide bonds. The first kappa shape index (κ1) is 21.6. The summed E-state index contributed by atoms with van der Waals surface area (Å²) in [5, 5.41) is 3.35. The van der Waals surface area contributed by atoms with E-state index >= 15 is 0 Å². The van der Waals surface area contributed by atoms with Crippen LogP contribution in [0.15, 0.2) is 66.9 Å². The Kier molecular flexibility index (Phi) is 7.27. The fourth-order valence-corrected chi connectivity index (χ4v) is 2.79. The van der Waals surface area contributed by atoms with Crippen LogP contribution in [0, 0.1) is 0 Å². The predicted molar refractivity (Wildman–Crippen MR) is 115 cm³/mol. The van der Waals surface area contributed by atoms with Gasteiger partial charge in [-0.2, -0.15) is 0 Å². The second kappa shape index (κ2) is 10.1. The average molecular weight is 445 g/mol. The summed E-state index contributed by atoms with van der Waals surface area (Å²) in [4.78, 5) is 28.8. The van der Waals surface area contributed by atoms with Gasteiger partial charge in [-0.05, 0) is 48.9 Å². The van der Waals surface area contributed by atoms with Crippen LogP contribution in [0.25, 0.3) is 0 Å². The molecule has 3 rings (SSSR count). The van der Waals surface area contributed by atoms with Gasteiger partial charge >= 0.3 is 5.97 Å². The number of halogens is 2. The Morgan fingerprint density at radius 1 is 1.03 bits per heavy atom. The van der Waals surface area contributed by atoms with Crippen molar-refractivity contribution < 1.29 is 19.1 Å². The Morgan fingerprint density at radius 3 is 2.50 bits per heavy atom. The summed E-state index contributed by atoms with van der Waals surface area (Å²) in [5.41, 5.74) is 1.44. The van der Waals surface area contributed by atoms with Crippen LogP contribution in [0.3, 0.4) is 0 Å². The van der Waals surface area contributed by atoms with Crippen LogP contribution in [0.4, 0.5) is 5.69 Å². The van der Waals surface area contributed by atoms with E-state index in [1.54, 1.807) is 48.5 Å². The third-order valence-corrected chi connectivity index (χ3v) is 4.64. The number of nitrogens with zero attached hydrogens (tertiary/aromatic N) is 1. The molecular weight excluding hydrogens is 427 g/mol. The Labute approximate surface area is 183 Å². The third-order valence-electron chi connectivity index (χ3n) is 4.08. The van der Waals surface area contributed by atoms with Crippen LogP contribution in [0.5, 0.6) is 5.75 Å². The van der Waals surface area contributed by atoms with Crippen LogP contribution in [-0.4, -0.2) is 23.0 Å². The molecule has 0 radical (unpaired) electrons. The number of rotatable bonds is 7. The number of ether oxygens (including phenoxy) is 2. The van der Waals surface area contributed by atoms with Gasteiger partial charge in [0.25, 0.3) is 5.91 Å². The molecule has 0 aliphatic carbocycles. The molecule has 0 spiro atoms. The van der Waals surface area contributed by atoms with Gasteiger partial charge in [-0.25, -0.2) is 9.78 Å². The molecule has 1 heterocycles. The Balaban J connectivity index is 1.64. The predicted octanol–water partition coefficient (Wildman–Crippen LogP) is 5.15. The number of amides is 1. The van der Waals surface area contributed by atoms with Gasteiger partial charge in [0.1, 0.15) is 17.9 Å². The second-order valence-corrected chi connectivity index (χ2v) is 7.08. The minimum Gasteiger partial charge on any atom is -0.488 e. The van der Waals surface area contributed by atoms with Gasteiger partial charge in [0.05, 0.1) is 5.69 Å². The first-order chi connectivity index (χ1) is 14.4. The number of carbonyl (C=O) groups excluding carboxylic acids is 2. The lowest BCUT2D eigenvalue weighted by atomic mass is 10.2. The third kappa shape index (κ3) is 5.72. The van der Waals surface area contributed by atoms with E-state index in [0.717, 1.165) is 5.56 Å². The monoisotopic (exact) mass is 444 g/mol. The van der Waals surface area contributed by atoms with Gasteiger partial charge < -0.3 is 14.8 Å². The molecule has 0 fully saturated rings. The Hall–Kier alpha value is -3.09. The smallest absolute Gasteiger partial charge is 0.342 e. The molecule has 0 aliphatic rings. The summed E-state index contributed by atoms with van der Waals surface area (Å²) in [5.74, 6) is -0.861. The molecule has 0 aliphatic heterocycles. The number of carbonyl (C=O) groups is 2. The fourth-order valence-electron chi connectivity index (χ4n) is 2.49. The number of hydrogen-bond donors (Lipinski definition) is 1. The molecule has 1 atom stereocenters. The number of anilines is 1. The standard InChI is InChI=1S/C22H18Cl2N2O4/c1-14(21(27)26-18-6-4-12-25-20(18)24)30-22(28)17-5-2-3-7-19(17)29-13-15-8-10-16(23)11-9-15/h2-12,14H,13H2,1H3,(H,26,27). The first-order valence-corrected chi connectivity index (χ1v) is 9.78. The van der Waals surface area contributed by atoms with Crippen molar-refractivity contribution in [2.45, 2.75) is 19.6 Å². The highest BCUT2D eigenvalue weighted by Crippen LogP contribution is 2.22. The van der Waals surface area contributed by atoms with E-state index in [2.05, 4.69) is 10.3 Å². The normalized spacial score (nSPS) is 11.4. The molecule has 1 unspecified atom stereocenters. The number of aromatic nitrogens is 1. The Morgan fingerprint density at radius 2 is 1.77 bits per heavy atom. The van der Waals surface area contributed by atoms with E-state index in [4.69, 9.17) is 32.7 Å².